The number of thioether (sulfide) groups is 1. The van der Waals surface area contributed by atoms with Crippen molar-refractivity contribution in [2.24, 2.45) is 0 Å². The maximum Gasteiger partial charge on any atom is 0.272 e. The highest BCUT2D eigenvalue weighted by Crippen LogP contribution is 2.34. The van der Waals surface area contributed by atoms with E-state index in [9.17, 15) is 9.59 Å². The van der Waals surface area contributed by atoms with Crippen LogP contribution in [0.1, 0.15) is 5.56 Å². The Kier molecular flexibility index (Phi) is 5.93. The van der Waals surface area contributed by atoms with Crippen molar-refractivity contribution in [3.63, 3.8) is 0 Å². The van der Waals surface area contributed by atoms with E-state index in [2.05, 4.69) is 10.3 Å². The second-order valence-electron chi connectivity index (χ2n) is 7.18. The Hall–Kier alpha value is -3.50. The molecule has 0 atom stereocenters. The molecule has 1 amide bonds. The average Bonchev–Trinajstić information content (AvgIpc) is 3.49. The van der Waals surface area contributed by atoms with Gasteiger partial charge in [-0.05, 0) is 41.3 Å². The van der Waals surface area contributed by atoms with E-state index in [-0.39, 0.29) is 24.0 Å². The van der Waals surface area contributed by atoms with Crippen molar-refractivity contribution in [2.75, 3.05) is 25.0 Å². The van der Waals surface area contributed by atoms with Crippen molar-refractivity contribution in [1.29, 1.82) is 0 Å². The summed E-state index contributed by atoms with van der Waals surface area (Å²) in [6.45, 7) is 0.493. The predicted octanol–water partition coefficient (Wildman–Crippen LogP) is 3.97. The zero-order chi connectivity index (χ0) is 22.8. The molecule has 33 heavy (non-hydrogen) atoms. The van der Waals surface area contributed by atoms with E-state index in [1.165, 1.54) is 23.1 Å². The summed E-state index contributed by atoms with van der Waals surface area (Å²) in [6.07, 6.45) is 0. The molecule has 0 saturated carbocycles. The van der Waals surface area contributed by atoms with Crippen LogP contribution in [0.2, 0.25) is 0 Å². The number of carbonyl (C=O) groups excluding carboxylic acids is 1. The molecule has 1 aliphatic rings. The van der Waals surface area contributed by atoms with Gasteiger partial charge in [-0.15, -0.1) is 11.3 Å². The summed E-state index contributed by atoms with van der Waals surface area (Å²) in [4.78, 5) is 30.4. The van der Waals surface area contributed by atoms with Crippen LogP contribution >= 0.6 is 23.1 Å². The van der Waals surface area contributed by atoms with Crippen LogP contribution in [0.15, 0.2) is 63.9 Å². The number of anilines is 1. The molecule has 8 nitrogen and oxygen atoms in total. The van der Waals surface area contributed by atoms with Crippen molar-refractivity contribution >= 4 is 44.9 Å². The number of thiophene rings is 1. The topological polar surface area (TPSA) is 91.7 Å². The molecule has 0 unspecified atom stereocenters. The molecule has 0 saturated heterocycles. The molecule has 2 aromatic heterocycles. The fourth-order valence-corrected chi connectivity index (χ4v) is 5.00. The van der Waals surface area contributed by atoms with E-state index in [1.807, 2.05) is 35.7 Å². The first kappa shape index (κ1) is 21.4. The molecule has 0 bridgehead atoms. The van der Waals surface area contributed by atoms with Gasteiger partial charge in [0.25, 0.3) is 5.56 Å². The zero-order valence-electron chi connectivity index (χ0n) is 17.6. The number of nitrogens with zero attached hydrogens (tertiary/aromatic N) is 2. The number of amides is 1. The summed E-state index contributed by atoms with van der Waals surface area (Å²) < 4.78 is 18.1. The van der Waals surface area contributed by atoms with Gasteiger partial charge in [0.1, 0.15) is 10.4 Å². The van der Waals surface area contributed by atoms with Gasteiger partial charge in [0, 0.05) is 11.8 Å². The molecule has 4 aromatic rings. The normalized spacial score (nSPS) is 12.2. The Morgan fingerprint density at radius 2 is 2.09 bits per heavy atom. The van der Waals surface area contributed by atoms with Gasteiger partial charge >= 0.3 is 0 Å². The number of nitrogens with one attached hydrogen (secondary N) is 1. The highest BCUT2D eigenvalue weighted by Gasteiger charge is 2.17. The molecule has 0 aliphatic carbocycles. The molecule has 1 N–H and O–H groups in total. The monoisotopic (exact) mass is 481 g/mol. The molecule has 3 heterocycles. The van der Waals surface area contributed by atoms with Crippen LogP contribution in [0.25, 0.3) is 10.2 Å². The van der Waals surface area contributed by atoms with Gasteiger partial charge in [-0.1, -0.05) is 23.9 Å². The summed E-state index contributed by atoms with van der Waals surface area (Å²) in [7, 11) is 1.60. The Morgan fingerprint density at radius 1 is 1.21 bits per heavy atom. The van der Waals surface area contributed by atoms with Gasteiger partial charge in [-0.25, -0.2) is 4.98 Å². The zero-order valence-corrected chi connectivity index (χ0v) is 19.2. The van der Waals surface area contributed by atoms with E-state index < -0.39 is 0 Å². The lowest BCUT2D eigenvalue weighted by Gasteiger charge is -2.13. The minimum atomic E-state index is -0.216. The Bertz CT molecular complexity index is 1400. The fraction of sp³-hybridized carbons (Fsp3) is 0.174. The molecule has 10 heteroatoms. The Balaban J connectivity index is 1.37. The second kappa shape index (κ2) is 9.16. The number of aromatic nitrogens is 2. The standard InChI is InChI=1S/C23H19N3O5S2/c1-29-16-4-2-3-14(9-16)11-26-22(28)21-17(7-8-32-21)25-23(26)33-12-20(27)24-15-5-6-18-19(10-15)31-13-30-18/h2-10H,11-13H2,1H3,(H,24,27). The van der Waals surface area contributed by atoms with E-state index in [0.717, 1.165) is 5.56 Å². The van der Waals surface area contributed by atoms with Gasteiger partial charge < -0.3 is 19.5 Å². The largest absolute Gasteiger partial charge is 0.497 e. The van der Waals surface area contributed by atoms with Crippen LogP contribution in [0.5, 0.6) is 17.2 Å². The summed E-state index contributed by atoms with van der Waals surface area (Å²) in [5.41, 5.74) is 2.02. The van der Waals surface area contributed by atoms with Crippen LogP contribution in [0.3, 0.4) is 0 Å². The molecule has 168 valence electrons. The Labute approximate surface area is 197 Å². The second-order valence-corrected chi connectivity index (χ2v) is 9.04. The first-order valence-electron chi connectivity index (χ1n) is 10.0. The Morgan fingerprint density at radius 3 is 2.97 bits per heavy atom. The van der Waals surface area contributed by atoms with Crippen LogP contribution in [-0.4, -0.2) is 35.1 Å². The van der Waals surface area contributed by atoms with Gasteiger partial charge in [0.15, 0.2) is 16.7 Å². The maximum absolute atomic E-state index is 13.2. The van der Waals surface area contributed by atoms with Crippen LogP contribution in [0.4, 0.5) is 5.69 Å². The van der Waals surface area contributed by atoms with Crippen LogP contribution in [0, 0.1) is 0 Å². The summed E-state index contributed by atoms with van der Waals surface area (Å²) in [5, 5.41) is 5.17. The third kappa shape index (κ3) is 4.53. The highest BCUT2D eigenvalue weighted by molar-refractivity contribution is 7.99. The number of ether oxygens (including phenoxy) is 3. The molecule has 5 rings (SSSR count). The van der Waals surface area contributed by atoms with Gasteiger partial charge in [0.2, 0.25) is 12.7 Å². The maximum atomic E-state index is 13.2. The lowest BCUT2D eigenvalue weighted by molar-refractivity contribution is -0.113. The van der Waals surface area contributed by atoms with Crippen molar-refractivity contribution in [1.82, 2.24) is 9.55 Å². The quantitative estimate of drug-likeness (QED) is 0.315. The minimum Gasteiger partial charge on any atom is -0.497 e. The number of benzene rings is 2. The van der Waals surface area contributed by atoms with E-state index >= 15 is 0 Å². The molecular weight excluding hydrogens is 462 g/mol. The van der Waals surface area contributed by atoms with Crippen molar-refractivity contribution in [2.45, 2.75) is 11.7 Å². The number of hydrogen-bond acceptors (Lipinski definition) is 8. The summed E-state index contributed by atoms with van der Waals surface area (Å²) in [6, 6.07) is 14.6. The smallest absolute Gasteiger partial charge is 0.272 e. The number of fused-ring (bicyclic) bond motifs is 2. The number of hydrogen-bond donors (Lipinski definition) is 1. The third-order valence-corrected chi connectivity index (χ3v) is 6.86. The van der Waals surface area contributed by atoms with Crippen molar-refractivity contribution in [3.8, 4) is 17.2 Å². The van der Waals surface area contributed by atoms with E-state index in [1.54, 1.807) is 29.9 Å². The first-order valence-corrected chi connectivity index (χ1v) is 11.9. The summed E-state index contributed by atoms with van der Waals surface area (Å²) in [5.74, 6) is 1.83. The van der Waals surface area contributed by atoms with E-state index in [0.29, 0.717) is 44.9 Å². The van der Waals surface area contributed by atoms with E-state index in [4.69, 9.17) is 14.2 Å². The fourth-order valence-electron chi connectivity index (χ4n) is 3.43. The summed E-state index contributed by atoms with van der Waals surface area (Å²) >= 11 is 2.58. The predicted molar refractivity (Wildman–Crippen MR) is 128 cm³/mol. The van der Waals surface area contributed by atoms with Crippen LogP contribution in [-0.2, 0) is 11.3 Å². The van der Waals surface area contributed by atoms with Crippen molar-refractivity contribution < 1.29 is 19.0 Å². The number of methoxy groups -OCH3 is 1. The molecule has 0 fully saturated rings. The molecule has 0 spiro atoms. The minimum absolute atomic E-state index is 0.0919. The molecular formula is C23H19N3O5S2. The van der Waals surface area contributed by atoms with Crippen molar-refractivity contribution in [3.05, 3.63) is 69.8 Å². The van der Waals surface area contributed by atoms with Gasteiger partial charge in [-0.2, -0.15) is 0 Å². The highest BCUT2D eigenvalue weighted by atomic mass is 32.2. The third-order valence-electron chi connectivity index (χ3n) is 4.99. The molecule has 2 aromatic carbocycles. The molecule has 1 aliphatic heterocycles. The van der Waals surface area contributed by atoms with Gasteiger partial charge in [-0.3, -0.25) is 14.2 Å². The lowest BCUT2D eigenvalue weighted by atomic mass is 10.2. The van der Waals surface area contributed by atoms with Gasteiger partial charge in [0.05, 0.1) is 24.9 Å². The number of rotatable bonds is 7. The number of carbonyl (C=O) groups is 1. The first-order chi connectivity index (χ1) is 16.1. The average molecular weight is 482 g/mol. The lowest BCUT2D eigenvalue weighted by Crippen LogP contribution is -2.24. The SMILES string of the molecule is COc1cccc(Cn2c(SCC(=O)Nc3ccc4c(c3)OCO4)nc3ccsc3c2=O)c1. The molecule has 0 radical (unpaired) electrons. The van der Waals surface area contributed by atoms with Crippen LogP contribution < -0.4 is 25.1 Å².